The van der Waals surface area contributed by atoms with Crippen molar-refractivity contribution >= 4 is 29.4 Å². The molecule has 0 bridgehead atoms. The quantitative estimate of drug-likeness (QED) is 0.517. The first kappa shape index (κ1) is 13.7. The molecule has 0 amide bonds. The molecule has 0 spiro atoms. The molecule has 0 heterocycles. The van der Waals surface area contributed by atoms with Gasteiger partial charge in [0, 0.05) is 21.2 Å². The molecule has 98 valence electrons. The first-order chi connectivity index (χ1) is 9.20. The van der Waals surface area contributed by atoms with Gasteiger partial charge in [-0.25, -0.2) is 0 Å². The molecule has 0 radical (unpaired) electrons. The molecule has 0 fully saturated rings. The number of nitrogens with zero attached hydrogens (tertiary/aromatic N) is 1. The summed E-state index contributed by atoms with van der Waals surface area (Å²) in [4.78, 5) is 0. The van der Waals surface area contributed by atoms with Crippen LogP contribution >= 0.6 is 23.2 Å². The number of hydrogen-bond donors (Lipinski definition) is 1. The normalized spacial score (nSPS) is 10.8. The summed E-state index contributed by atoms with van der Waals surface area (Å²) in [6.45, 7) is 0.312. The summed E-state index contributed by atoms with van der Waals surface area (Å²) in [6.07, 6.45) is 1.32. The van der Waals surface area contributed by atoms with E-state index < -0.39 is 0 Å². The summed E-state index contributed by atoms with van der Waals surface area (Å²) in [5, 5.41) is 12.7. The zero-order chi connectivity index (χ0) is 13.7. The second kappa shape index (κ2) is 6.45. The summed E-state index contributed by atoms with van der Waals surface area (Å²) in [7, 11) is 0. The molecular weight excluding hydrogens is 285 g/mol. The Labute approximate surface area is 121 Å². The van der Waals surface area contributed by atoms with Gasteiger partial charge in [-0.05, 0) is 24.3 Å². The van der Waals surface area contributed by atoms with E-state index in [1.54, 1.807) is 24.3 Å². The molecule has 5 heteroatoms. The second-order valence-corrected chi connectivity index (χ2v) is 4.65. The molecule has 0 aliphatic carbocycles. The maximum Gasteiger partial charge on any atom is 0.128 e. The first-order valence-electron chi connectivity index (χ1n) is 5.54. The molecule has 1 N–H and O–H groups in total. The fourth-order valence-electron chi connectivity index (χ4n) is 1.58. The third-order valence-corrected chi connectivity index (χ3v) is 3.10. The Morgan fingerprint density at radius 3 is 2.68 bits per heavy atom. The van der Waals surface area contributed by atoms with Gasteiger partial charge in [0.15, 0.2) is 0 Å². The number of oxime groups is 1. The molecule has 0 aliphatic rings. The van der Waals surface area contributed by atoms with E-state index >= 15 is 0 Å². The zero-order valence-corrected chi connectivity index (χ0v) is 11.4. The maximum absolute atomic E-state index is 8.58. The maximum atomic E-state index is 8.58. The van der Waals surface area contributed by atoms with E-state index in [2.05, 4.69) is 5.16 Å². The average Bonchev–Trinajstić information content (AvgIpc) is 2.40. The standard InChI is InChI=1S/C14H11Cl2NO2/c15-12-6-5-11(13(16)7-12)9-19-14-4-2-1-3-10(14)8-17-18/h1-8,18H,9H2/b17-8+. The van der Waals surface area contributed by atoms with Crippen molar-refractivity contribution in [3.8, 4) is 5.75 Å². The number of hydrogen-bond acceptors (Lipinski definition) is 3. The van der Waals surface area contributed by atoms with Gasteiger partial charge in [0.25, 0.3) is 0 Å². The Kier molecular flexibility index (Phi) is 4.66. The van der Waals surface area contributed by atoms with Crippen LogP contribution in [0.4, 0.5) is 0 Å². The molecule has 2 aromatic rings. The van der Waals surface area contributed by atoms with E-state index in [4.69, 9.17) is 33.1 Å². The molecule has 3 nitrogen and oxygen atoms in total. The second-order valence-electron chi connectivity index (χ2n) is 3.81. The summed E-state index contributed by atoms with van der Waals surface area (Å²) in [6, 6.07) is 12.5. The lowest BCUT2D eigenvalue weighted by Gasteiger charge is -2.10. The van der Waals surface area contributed by atoms with E-state index in [1.165, 1.54) is 6.21 Å². The van der Waals surface area contributed by atoms with Crippen LogP contribution in [0.15, 0.2) is 47.6 Å². The van der Waals surface area contributed by atoms with Crippen LogP contribution in [0, 0.1) is 0 Å². The van der Waals surface area contributed by atoms with E-state index in [-0.39, 0.29) is 0 Å². The van der Waals surface area contributed by atoms with E-state index in [9.17, 15) is 0 Å². The predicted molar refractivity (Wildman–Crippen MR) is 76.6 cm³/mol. The van der Waals surface area contributed by atoms with Crippen molar-refractivity contribution in [2.75, 3.05) is 0 Å². The highest BCUT2D eigenvalue weighted by atomic mass is 35.5. The molecule has 0 saturated heterocycles. The highest BCUT2D eigenvalue weighted by Gasteiger charge is 2.05. The van der Waals surface area contributed by atoms with Gasteiger partial charge < -0.3 is 9.94 Å². The van der Waals surface area contributed by atoms with Crippen molar-refractivity contribution in [1.29, 1.82) is 0 Å². The third-order valence-electron chi connectivity index (χ3n) is 2.51. The van der Waals surface area contributed by atoms with Gasteiger partial charge in [-0.2, -0.15) is 0 Å². The summed E-state index contributed by atoms with van der Waals surface area (Å²) in [5.41, 5.74) is 1.52. The van der Waals surface area contributed by atoms with E-state index in [0.29, 0.717) is 28.0 Å². The van der Waals surface area contributed by atoms with Crippen LogP contribution in [0.2, 0.25) is 10.0 Å². The third kappa shape index (κ3) is 3.63. The van der Waals surface area contributed by atoms with E-state index in [1.807, 2.05) is 18.2 Å². The fourth-order valence-corrected chi connectivity index (χ4v) is 2.04. The lowest BCUT2D eigenvalue weighted by molar-refractivity contribution is 0.304. The van der Waals surface area contributed by atoms with Crippen molar-refractivity contribution in [1.82, 2.24) is 0 Å². The molecule has 2 rings (SSSR count). The minimum Gasteiger partial charge on any atom is -0.488 e. The van der Waals surface area contributed by atoms with Gasteiger partial charge >= 0.3 is 0 Å². The van der Waals surface area contributed by atoms with Crippen molar-refractivity contribution in [3.63, 3.8) is 0 Å². The SMILES string of the molecule is O/N=C/c1ccccc1OCc1ccc(Cl)cc1Cl. The van der Waals surface area contributed by atoms with Crippen LogP contribution < -0.4 is 4.74 Å². The molecule has 2 aromatic carbocycles. The Balaban J connectivity index is 2.14. The van der Waals surface area contributed by atoms with Crippen LogP contribution in [-0.4, -0.2) is 11.4 Å². The summed E-state index contributed by atoms with van der Waals surface area (Å²) < 4.78 is 5.67. The van der Waals surface area contributed by atoms with Crippen LogP contribution in [0.3, 0.4) is 0 Å². The topological polar surface area (TPSA) is 41.8 Å². The lowest BCUT2D eigenvalue weighted by Crippen LogP contribution is -1.99. The summed E-state index contributed by atoms with van der Waals surface area (Å²) in [5.74, 6) is 0.617. The van der Waals surface area contributed by atoms with Crippen molar-refractivity contribution in [3.05, 3.63) is 63.6 Å². The highest BCUT2D eigenvalue weighted by molar-refractivity contribution is 6.35. The van der Waals surface area contributed by atoms with Crippen molar-refractivity contribution in [2.24, 2.45) is 5.16 Å². The number of rotatable bonds is 4. The minimum absolute atomic E-state index is 0.312. The monoisotopic (exact) mass is 295 g/mol. The Bertz CT molecular complexity index is 600. The van der Waals surface area contributed by atoms with Gasteiger partial charge in [-0.15, -0.1) is 0 Å². The van der Waals surface area contributed by atoms with Crippen LogP contribution in [-0.2, 0) is 6.61 Å². The van der Waals surface area contributed by atoms with Crippen molar-refractivity contribution < 1.29 is 9.94 Å². The molecule has 19 heavy (non-hydrogen) atoms. The Hall–Kier alpha value is -1.71. The molecule has 0 unspecified atom stereocenters. The molecule has 0 aromatic heterocycles. The Morgan fingerprint density at radius 1 is 1.16 bits per heavy atom. The molecule has 0 atom stereocenters. The average molecular weight is 296 g/mol. The van der Waals surface area contributed by atoms with Gasteiger partial charge in [-0.1, -0.05) is 46.6 Å². The number of halogens is 2. The largest absolute Gasteiger partial charge is 0.488 e. The van der Waals surface area contributed by atoms with Gasteiger partial charge in [0.1, 0.15) is 12.4 Å². The predicted octanol–water partition coefficient (Wildman–Crippen LogP) is 4.38. The van der Waals surface area contributed by atoms with Gasteiger partial charge in [0.2, 0.25) is 0 Å². The van der Waals surface area contributed by atoms with Gasteiger partial charge in [0.05, 0.1) is 6.21 Å². The number of para-hydroxylation sites is 1. The Morgan fingerprint density at radius 2 is 1.95 bits per heavy atom. The van der Waals surface area contributed by atoms with E-state index in [0.717, 1.165) is 5.56 Å². The lowest BCUT2D eigenvalue weighted by atomic mass is 10.2. The van der Waals surface area contributed by atoms with Crippen LogP contribution in [0.1, 0.15) is 11.1 Å². The molecular formula is C14H11Cl2NO2. The van der Waals surface area contributed by atoms with Crippen LogP contribution in [0.5, 0.6) is 5.75 Å². The summed E-state index contributed by atoms with van der Waals surface area (Å²) >= 11 is 11.9. The fraction of sp³-hybridized carbons (Fsp3) is 0.0714. The van der Waals surface area contributed by atoms with Crippen molar-refractivity contribution in [2.45, 2.75) is 6.61 Å². The molecule has 0 saturated carbocycles. The smallest absolute Gasteiger partial charge is 0.128 e. The molecule has 0 aliphatic heterocycles. The number of ether oxygens (including phenoxy) is 1. The zero-order valence-electron chi connectivity index (χ0n) is 9.88. The number of benzene rings is 2. The van der Waals surface area contributed by atoms with Gasteiger partial charge in [-0.3, -0.25) is 0 Å². The van der Waals surface area contributed by atoms with Crippen LogP contribution in [0.25, 0.3) is 0 Å². The first-order valence-corrected chi connectivity index (χ1v) is 6.29. The minimum atomic E-state index is 0.312. The highest BCUT2D eigenvalue weighted by Crippen LogP contribution is 2.23.